The lowest BCUT2D eigenvalue weighted by Crippen LogP contribution is -1.96. The number of allylic oxidation sites excluding steroid dienone is 8. The van der Waals surface area contributed by atoms with E-state index in [-0.39, 0.29) is 6.61 Å². The first-order valence-electron chi connectivity index (χ1n) is 7.99. The van der Waals surface area contributed by atoms with Crippen LogP contribution >= 0.6 is 0 Å². The molecule has 0 saturated carbocycles. The summed E-state index contributed by atoms with van der Waals surface area (Å²) in [7, 11) is 0. The van der Waals surface area contributed by atoms with Crippen molar-refractivity contribution >= 4 is 5.57 Å². The molecule has 1 N–H and O–H groups in total. The molecule has 0 atom stereocenters. The highest BCUT2D eigenvalue weighted by atomic mass is 16.5. The fourth-order valence-corrected chi connectivity index (χ4v) is 2.41. The van der Waals surface area contributed by atoms with Crippen molar-refractivity contribution in [2.75, 3.05) is 0 Å². The Labute approximate surface area is 142 Å². The zero-order valence-electron chi connectivity index (χ0n) is 13.4. The minimum atomic E-state index is 0.0526. The lowest BCUT2D eigenvalue weighted by Gasteiger charge is -2.08. The summed E-state index contributed by atoms with van der Waals surface area (Å²) in [5.74, 6) is 0.805. The Morgan fingerprint density at radius 3 is 2.12 bits per heavy atom. The molecular formula is C22H20O2. The second-order valence-electron chi connectivity index (χ2n) is 5.54. The fraction of sp³-hybridized carbons (Fsp3) is 0.0909. The minimum absolute atomic E-state index is 0.0526. The molecule has 2 aromatic carbocycles. The number of rotatable bonds is 5. The molecule has 2 nitrogen and oxygen atoms in total. The van der Waals surface area contributed by atoms with Gasteiger partial charge in [0.05, 0.1) is 6.61 Å². The van der Waals surface area contributed by atoms with E-state index in [1.807, 2.05) is 54.6 Å². The lowest BCUT2D eigenvalue weighted by molar-refractivity contribution is 0.280. The van der Waals surface area contributed by atoms with Gasteiger partial charge in [-0.05, 0) is 34.4 Å². The number of aliphatic hydroxyl groups is 1. The second-order valence-corrected chi connectivity index (χ2v) is 5.54. The first-order valence-corrected chi connectivity index (χ1v) is 7.99. The van der Waals surface area contributed by atoms with E-state index < -0.39 is 0 Å². The van der Waals surface area contributed by atoms with Crippen LogP contribution in [0.5, 0.6) is 5.75 Å². The molecule has 0 saturated heterocycles. The largest absolute Gasteiger partial charge is 0.489 e. The fourth-order valence-electron chi connectivity index (χ4n) is 2.41. The normalized spacial score (nSPS) is 19.5. The van der Waals surface area contributed by atoms with Gasteiger partial charge in [0, 0.05) is 0 Å². The zero-order chi connectivity index (χ0) is 16.6. The summed E-state index contributed by atoms with van der Waals surface area (Å²) in [6, 6.07) is 15.9. The average Bonchev–Trinajstić information content (AvgIpc) is 2.61. The molecule has 0 amide bonds. The van der Waals surface area contributed by atoms with Gasteiger partial charge in [-0.1, -0.05) is 78.9 Å². The molecule has 1 aliphatic carbocycles. The van der Waals surface area contributed by atoms with E-state index in [1.165, 1.54) is 11.1 Å². The topological polar surface area (TPSA) is 29.5 Å². The van der Waals surface area contributed by atoms with Crippen LogP contribution in [0.2, 0.25) is 0 Å². The van der Waals surface area contributed by atoms with E-state index in [0.29, 0.717) is 6.61 Å². The molecule has 0 aliphatic heterocycles. The van der Waals surface area contributed by atoms with Crippen molar-refractivity contribution in [2.45, 2.75) is 13.2 Å². The molecular weight excluding hydrogens is 296 g/mol. The van der Waals surface area contributed by atoms with Crippen molar-refractivity contribution in [2.24, 2.45) is 0 Å². The summed E-state index contributed by atoms with van der Waals surface area (Å²) >= 11 is 0. The summed E-state index contributed by atoms with van der Waals surface area (Å²) in [4.78, 5) is 0. The van der Waals surface area contributed by atoms with Gasteiger partial charge in [-0.25, -0.2) is 0 Å². The van der Waals surface area contributed by atoms with Crippen molar-refractivity contribution in [1.29, 1.82) is 0 Å². The summed E-state index contributed by atoms with van der Waals surface area (Å²) in [5, 5.41) is 9.04. The third-order valence-electron chi connectivity index (χ3n) is 3.79. The summed E-state index contributed by atoms with van der Waals surface area (Å²) < 4.78 is 5.78. The SMILES string of the molecule is OCc1ccc(OCc2ccc(C3=C/C=C\C=C/C=C\3)cc2)cc1. The highest BCUT2D eigenvalue weighted by Crippen LogP contribution is 2.19. The quantitative estimate of drug-likeness (QED) is 0.856. The molecule has 0 bridgehead atoms. The van der Waals surface area contributed by atoms with Gasteiger partial charge in [0.25, 0.3) is 0 Å². The predicted molar refractivity (Wildman–Crippen MR) is 98.5 cm³/mol. The molecule has 1 aliphatic rings. The molecule has 0 radical (unpaired) electrons. The Morgan fingerprint density at radius 1 is 0.708 bits per heavy atom. The maximum atomic E-state index is 9.04. The molecule has 24 heavy (non-hydrogen) atoms. The van der Waals surface area contributed by atoms with Crippen molar-refractivity contribution in [3.8, 4) is 5.75 Å². The van der Waals surface area contributed by atoms with E-state index in [4.69, 9.17) is 9.84 Å². The number of ether oxygens (including phenoxy) is 1. The molecule has 0 fully saturated rings. The molecule has 0 unspecified atom stereocenters. The maximum Gasteiger partial charge on any atom is 0.119 e. The van der Waals surface area contributed by atoms with Crippen molar-refractivity contribution < 1.29 is 9.84 Å². The highest BCUT2D eigenvalue weighted by Gasteiger charge is 2.00. The van der Waals surface area contributed by atoms with E-state index in [9.17, 15) is 0 Å². The molecule has 2 heteroatoms. The molecule has 0 heterocycles. The molecule has 2 aromatic rings. The van der Waals surface area contributed by atoms with E-state index in [1.54, 1.807) is 0 Å². The number of hydrogen-bond acceptors (Lipinski definition) is 2. The zero-order valence-corrected chi connectivity index (χ0v) is 13.4. The van der Waals surface area contributed by atoms with Crippen LogP contribution < -0.4 is 4.74 Å². The van der Waals surface area contributed by atoms with E-state index >= 15 is 0 Å². The van der Waals surface area contributed by atoms with Gasteiger partial charge in [0.15, 0.2) is 0 Å². The van der Waals surface area contributed by atoms with Crippen LogP contribution in [0.15, 0.2) is 91.1 Å². The molecule has 0 spiro atoms. The van der Waals surface area contributed by atoms with Crippen LogP contribution in [-0.4, -0.2) is 5.11 Å². The number of aliphatic hydroxyl groups excluding tert-OH is 1. The Morgan fingerprint density at radius 2 is 1.38 bits per heavy atom. The van der Waals surface area contributed by atoms with Gasteiger partial charge in [-0.15, -0.1) is 0 Å². The lowest BCUT2D eigenvalue weighted by atomic mass is 10.0. The molecule has 120 valence electrons. The third-order valence-corrected chi connectivity index (χ3v) is 3.79. The van der Waals surface area contributed by atoms with Gasteiger partial charge >= 0.3 is 0 Å². The van der Waals surface area contributed by atoms with Gasteiger partial charge < -0.3 is 9.84 Å². The van der Waals surface area contributed by atoms with Gasteiger partial charge in [-0.2, -0.15) is 0 Å². The van der Waals surface area contributed by atoms with Crippen LogP contribution in [0.3, 0.4) is 0 Å². The first kappa shape index (κ1) is 16.0. The summed E-state index contributed by atoms with van der Waals surface area (Å²) in [5.41, 5.74) is 4.37. The summed E-state index contributed by atoms with van der Waals surface area (Å²) in [6.45, 7) is 0.577. The van der Waals surface area contributed by atoms with Gasteiger partial charge in [-0.3, -0.25) is 0 Å². The first-order chi connectivity index (χ1) is 11.8. The molecule has 0 aromatic heterocycles. The Bertz CT molecular complexity index is 776. The van der Waals surface area contributed by atoms with Gasteiger partial charge in [0.2, 0.25) is 0 Å². The monoisotopic (exact) mass is 316 g/mol. The molecule has 3 rings (SSSR count). The summed E-state index contributed by atoms with van der Waals surface area (Å²) in [6.07, 6.45) is 14.4. The Balaban J connectivity index is 1.63. The third kappa shape index (κ3) is 4.34. The van der Waals surface area contributed by atoms with E-state index in [0.717, 1.165) is 16.9 Å². The van der Waals surface area contributed by atoms with Crippen LogP contribution in [0, 0.1) is 0 Å². The number of benzene rings is 2. The maximum absolute atomic E-state index is 9.04. The predicted octanol–water partition coefficient (Wildman–Crippen LogP) is 4.82. The van der Waals surface area contributed by atoms with Crippen molar-refractivity contribution in [3.05, 3.63) is 108 Å². The average molecular weight is 316 g/mol. The number of hydrogen-bond donors (Lipinski definition) is 1. The van der Waals surface area contributed by atoms with E-state index in [2.05, 4.69) is 36.4 Å². The van der Waals surface area contributed by atoms with Crippen molar-refractivity contribution in [1.82, 2.24) is 0 Å². The smallest absolute Gasteiger partial charge is 0.119 e. The van der Waals surface area contributed by atoms with Crippen LogP contribution in [0.25, 0.3) is 5.57 Å². The second kappa shape index (κ2) is 8.14. The Hall–Kier alpha value is -2.84. The van der Waals surface area contributed by atoms with Crippen molar-refractivity contribution in [3.63, 3.8) is 0 Å². The standard InChI is InChI=1S/C22H20O2/c23-16-18-10-14-22(15-11-18)24-17-19-8-12-21(13-9-19)20-6-4-2-1-3-5-7-20/h1-15,23H,16-17H2/b2-1-,3-1?,4-2?,5-3-,6-4-,7-5?,20-6?,20-7+. The van der Waals surface area contributed by atoms with Crippen LogP contribution in [0.1, 0.15) is 16.7 Å². The minimum Gasteiger partial charge on any atom is -0.489 e. The van der Waals surface area contributed by atoms with Crippen LogP contribution in [0.4, 0.5) is 0 Å². The highest BCUT2D eigenvalue weighted by molar-refractivity contribution is 5.75. The van der Waals surface area contributed by atoms with Gasteiger partial charge in [0.1, 0.15) is 12.4 Å². The Kier molecular flexibility index (Phi) is 5.44. The van der Waals surface area contributed by atoms with Crippen LogP contribution in [-0.2, 0) is 13.2 Å².